The summed E-state index contributed by atoms with van der Waals surface area (Å²) in [6.45, 7) is 0.844. The Labute approximate surface area is 169 Å². The van der Waals surface area contributed by atoms with Crippen molar-refractivity contribution in [3.8, 4) is 5.75 Å². The second-order valence-corrected chi connectivity index (χ2v) is 8.58. The highest BCUT2D eigenvalue weighted by Gasteiger charge is 2.24. The van der Waals surface area contributed by atoms with Crippen LogP contribution in [0.1, 0.15) is 40.6 Å². The van der Waals surface area contributed by atoms with Crippen molar-refractivity contribution < 1.29 is 4.74 Å². The van der Waals surface area contributed by atoms with Crippen LogP contribution >= 0.6 is 11.3 Å². The summed E-state index contributed by atoms with van der Waals surface area (Å²) < 4.78 is 6.67. The molecule has 3 aromatic rings. The van der Waals surface area contributed by atoms with E-state index in [2.05, 4.69) is 59.6 Å². The molecule has 1 aliphatic carbocycles. The molecule has 1 atom stereocenters. The van der Waals surface area contributed by atoms with Gasteiger partial charge in [0, 0.05) is 28.4 Å². The van der Waals surface area contributed by atoms with E-state index < -0.39 is 0 Å². The Morgan fingerprint density at radius 1 is 1.07 bits per heavy atom. The number of hydrogen-bond donors (Lipinski definition) is 0. The fourth-order valence-electron chi connectivity index (χ4n) is 4.22. The first-order chi connectivity index (χ1) is 13.8. The fourth-order valence-corrected chi connectivity index (χ4v) is 5.47. The van der Waals surface area contributed by atoms with Crippen LogP contribution < -0.4 is 14.6 Å². The third kappa shape index (κ3) is 3.22. The SMILES string of the molecule is COc1cccc(C2N=c3sc4c(c3=CN2Cc2ccccc2)CCCC4)c1. The molecule has 1 aromatic heterocycles. The first-order valence-electron chi connectivity index (χ1n) is 9.96. The lowest BCUT2D eigenvalue weighted by molar-refractivity contribution is 0.299. The third-order valence-corrected chi connectivity index (χ3v) is 6.86. The van der Waals surface area contributed by atoms with Gasteiger partial charge in [-0.25, -0.2) is 4.99 Å². The van der Waals surface area contributed by atoms with Crippen molar-refractivity contribution in [2.45, 2.75) is 38.4 Å². The highest BCUT2D eigenvalue weighted by atomic mass is 32.1. The number of methoxy groups -OCH3 is 1. The number of fused-ring (bicyclic) bond motifs is 3. The molecule has 2 heterocycles. The average molecular weight is 389 g/mol. The monoisotopic (exact) mass is 388 g/mol. The number of thiophene rings is 1. The molecule has 5 rings (SSSR count). The topological polar surface area (TPSA) is 24.8 Å². The van der Waals surface area contributed by atoms with Gasteiger partial charge in [0.15, 0.2) is 0 Å². The van der Waals surface area contributed by atoms with Crippen molar-refractivity contribution >= 4 is 17.5 Å². The maximum atomic E-state index is 5.47. The van der Waals surface area contributed by atoms with E-state index in [1.807, 2.05) is 17.4 Å². The molecular formula is C24H24N2OS. The minimum atomic E-state index is -0.0251. The maximum Gasteiger partial charge on any atom is 0.148 e. The summed E-state index contributed by atoms with van der Waals surface area (Å²) in [4.78, 5) is 9.16. The Bertz CT molecular complexity index is 1100. The molecule has 0 radical (unpaired) electrons. The minimum absolute atomic E-state index is 0.0251. The van der Waals surface area contributed by atoms with Crippen molar-refractivity contribution in [3.05, 3.63) is 86.1 Å². The summed E-state index contributed by atoms with van der Waals surface area (Å²) in [5.74, 6) is 0.878. The van der Waals surface area contributed by atoms with Gasteiger partial charge in [-0.3, -0.25) is 0 Å². The maximum absolute atomic E-state index is 5.47. The molecule has 0 saturated carbocycles. The molecule has 2 aromatic carbocycles. The third-order valence-electron chi connectivity index (χ3n) is 5.64. The van der Waals surface area contributed by atoms with Gasteiger partial charge in [-0.1, -0.05) is 42.5 Å². The van der Waals surface area contributed by atoms with E-state index in [0.29, 0.717) is 0 Å². The molecule has 0 amide bonds. The zero-order valence-corrected chi connectivity index (χ0v) is 16.9. The van der Waals surface area contributed by atoms with Crippen molar-refractivity contribution in [1.29, 1.82) is 0 Å². The van der Waals surface area contributed by atoms with E-state index in [0.717, 1.165) is 12.3 Å². The predicted molar refractivity (Wildman–Crippen MR) is 114 cm³/mol. The highest BCUT2D eigenvalue weighted by molar-refractivity contribution is 7.09. The van der Waals surface area contributed by atoms with E-state index in [1.54, 1.807) is 12.0 Å². The van der Waals surface area contributed by atoms with Gasteiger partial charge >= 0.3 is 0 Å². The van der Waals surface area contributed by atoms with Gasteiger partial charge in [0.1, 0.15) is 16.6 Å². The highest BCUT2D eigenvalue weighted by Crippen LogP contribution is 2.30. The first-order valence-corrected chi connectivity index (χ1v) is 10.8. The Balaban J connectivity index is 1.63. The van der Waals surface area contributed by atoms with Crippen LogP contribution in [0.25, 0.3) is 6.20 Å². The molecule has 4 heteroatoms. The summed E-state index contributed by atoms with van der Waals surface area (Å²) in [6.07, 6.45) is 7.33. The normalized spacial score (nSPS) is 17.9. The largest absolute Gasteiger partial charge is 0.497 e. The van der Waals surface area contributed by atoms with Crippen LogP contribution in [0, 0.1) is 0 Å². The second-order valence-electron chi connectivity index (χ2n) is 7.50. The van der Waals surface area contributed by atoms with Crippen molar-refractivity contribution in [1.82, 2.24) is 4.90 Å². The summed E-state index contributed by atoms with van der Waals surface area (Å²) in [5.41, 5.74) is 4.01. The van der Waals surface area contributed by atoms with Gasteiger partial charge in [-0.05, 0) is 48.9 Å². The molecule has 1 aliphatic heterocycles. The zero-order valence-electron chi connectivity index (χ0n) is 16.1. The molecule has 0 N–H and O–H groups in total. The lowest BCUT2D eigenvalue weighted by Crippen LogP contribution is -2.36. The van der Waals surface area contributed by atoms with Crippen LogP contribution in [0.3, 0.4) is 0 Å². The molecule has 1 unspecified atom stereocenters. The lowest BCUT2D eigenvalue weighted by Gasteiger charge is -2.30. The predicted octanol–water partition coefficient (Wildman–Crippen LogP) is 4.21. The molecule has 0 bridgehead atoms. The molecule has 0 saturated heterocycles. The van der Waals surface area contributed by atoms with Crippen molar-refractivity contribution in [2.75, 3.05) is 7.11 Å². The van der Waals surface area contributed by atoms with Crippen LogP contribution in [-0.4, -0.2) is 12.0 Å². The lowest BCUT2D eigenvalue weighted by atomic mass is 9.98. The summed E-state index contributed by atoms with van der Waals surface area (Å²) >= 11 is 1.90. The van der Waals surface area contributed by atoms with E-state index >= 15 is 0 Å². The second kappa shape index (κ2) is 7.44. The van der Waals surface area contributed by atoms with E-state index in [-0.39, 0.29) is 6.17 Å². The molecule has 3 nitrogen and oxygen atoms in total. The van der Waals surface area contributed by atoms with E-state index in [9.17, 15) is 0 Å². The quantitative estimate of drug-likeness (QED) is 0.669. The molecule has 0 spiro atoms. The van der Waals surface area contributed by atoms with Crippen LogP contribution in [0.2, 0.25) is 0 Å². The Morgan fingerprint density at radius 3 is 2.79 bits per heavy atom. The van der Waals surface area contributed by atoms with Crippen LogP contribution in [0.4, 0.5) is 0 Å². The first kappa shape index (κ1) is 17.5. The summed E-state index contributed by atoms with van der Waals surface area (Å²) in [7, 11) is 1.72. The molecule has 2 aliphatic rings. The van der Waals surface area contributed by atoms with Crippen LogP contribution in [0.15, 0.2) is 59.6 Å². The number of hydrogen-bond acceptors (Lipinski definition) is 4. The van der Waals surface area contributed by atoms with Crippen LogP contribution in [0.5, 0.6) is 5.75 Å². The zero-order chi connectivity index (χ0) is 18.9. The Kier molecular flexibility index (Phi) is 4.65. The Morgan fingerprint density at radius 2 is 1.93 bits per heavy atom. The molecule has 142 valence electrons. The average Bonchev–Trinajstić information content (AvgIpc) is 3.11. The van der Waals surface area contributed by atoms with Crippen molar-refractivity contribution in [2.24, 2.45) is 4.99 Å². The van der Waals surface area contributed by atoms with Crippen molar-refractivity contribution in [3.63, 3.8) is 0 Å². The van der Waals surface area contributed by atoms with Gasteiger partial charge in [0.05, 0.1) is 7.11 Å². The number of benzene rings is 2. The summed E-state index contributed by atoms with van der Waals surface area (Å²) in [5, 5.41) is 1.36. The molecule has 28 heavy (non-hydrogen) atoms. The molecule has 0 fully saturated rings. The smallest absolute Gasteiger partial charge is 0.148 e. The number of nitrogens with zero attached hydrogens (tertiary/aromatic N) is 2. The van der Waals surface area contributed by atoms with Gasteiger partial charge in [0.25, 0.3) is 0 Å². The number of ether oxygens (including phenoxy) is 1. The van der Waals surface area contributed by atoms with Gasteiger partial charge < -0.3 is 9.64 Å². The number of rotatable bonds is 4. The van der Waals surface area contributed by atoms with E-state index in [4.69, 9.17) is 9.73 Å². The molecular weight excluding hydrogens is 364 g/mol. The van der Waals surface area contributed by atoms with Gasteiger partial charge in [-0.15, -0.1) is 11.3 Å². The van der Waals surface area contributed by atoms with Gasteiger partial charge in [-0.2, -0.15) is 0 Å². The number of aryl methyl sites for hydroxylation is 1. The van der Waals surface area contributed by atoms with Crippen LogP contribution in [-0.2, 0) is 19.4 Å². The summed E-state index contributed by atoms with van der Waals surface area (Å²) in [6, 6.07) is 19.0. The minimum Gasteiger partial charge on any atom is -0.497 e. The van der Waals surface area contributed by atoms with Gasteiger partial charge in [0.2, 0.25) is 0 Å². The standard InChI is InChI=1S/C24H24N2OS/c1-27-19-11-7-10-18(14-19)23-25-24-21(20-12-5-6-13-22(20)28-24)16-26(23)15-17-8-3-2-4-9-17/h2-4,7-11,14,16,23H,5-6,12-13,15H2,1H3. The Hall–Kier alpha value is -2.59. The fraction of sp³-hybridized carbons (Fsp3) is 0.292. The van der Waals surface area contributed by atoms with E-state index in [1.165, 1.54) is 52.3 Å².